The molecule has 3 aromatic rings. The molecule has 4 bridgehead atoms. The molecule has 19 heteroatoms. The molecule has 11 rings (SSSR count). The van der Waals surface area contributed by atoms with Crippen molar-refractivity contribution < 1.29 is 23.3 Å². The molecule has 0 aromatic heterocycles. The highest BCUT2D eigenvalue weighted by Gasteiger charge is 2.52. The third-order valence-corrected chi connectivity index (χ3v) is 26.3. The summed E-state index contributed by atoms with van der Waals surface area (Å²) in [6.45, 7) is 6.23. The van der Waals surface area contributed by atoms with Crippen LogP contribution in [0.4, 0.5) is 0 Å². The summed E-state index contributed by atoms with van der Waals surface area (Å²) in [5.41, 5.74) is 4.53. The second-order valence-electron chi connectivity index (χ2n) is 14.0. The monoisotopic (exact) mass is 817 g/mol. The zero-order valence-corrected chi connectivity index (χ0v) is 33.8. The van der Waals surface area contributed by atoms with Crippen molar-refractivity contribution in [2.24, 2.45) is 18.1 Å². The van der Waals surface area contributed by atoms with Crippen LogP contribution in [0.3, 0.4) is 0 Å². The van der Waals surface area contributed by atoms with Gasteiger partial charge in [0.15, 0.2) is 0 Å². The molecule has 3 unspecified atom stereocenters. The van der Waals surface area contributed by atoms with Gasteiger partial charge in [-0.25, -0.2) is 23.4 Å². The van der Waals surface area contributed by atoms with Crippen LogP contribution in [0.2, 0.25) is 0 Å². The summed E-state index contributed by atoms with van der Waals surface area (Å²) < 4.78 is 68.8. The van der Waals surface area contributed by atoms with E-state index >= 15 is 0 Å². The second kappa shape index (κ2) is 14.3. The number of rotatable bonds is 3. The van der Waals surface area contributed by atoms with Crippen LogP contribution in [0, 0.1) is 0 Å². The minimum atomic E-state index is -3.38. The summed E-state index contributed by atoms with van der Waals surface area (Å²) in [7, 11) is -9.89. The zero-order chi connectivity index (χ0) is 35.5. The van der Waals surface area contributed by atoms with Crippen LogP contribution in [-0.2, 0) is 40.4 Å². The van der Waals surface area contributed by atoms with Gasteiger partial charge in [-0.05, 0) is 34.5 Å². The lowest BCUT2D eigenvalue weighted by Gasteiger charge is -2.49. The van der Waals surface area contributed by atoms with Crippen molar-refractivity contribution >= 4 is 40.6 Å². The SMILES string of the molecule is ClP1(N2CCOCC2)=NP23=NP(N4CCOCC4)(N4CCOCC4)=NP4(=N1)Oc1ccccc1CN4Cc1cccc(c1)CN2Cc1ccccc1O3. The molecule has 0 aliphatic carbocycles. The maximum atomic E-state index is 8.19. The third-order valence-electron chi connectivity index (χ3n) is 10.6. The van der Waals surface area contributed by atoms with Gasteiger partial charge in [-0.2, -0.15) is 18.1 Å². The van der Waals surface area contributed by atoms with Gasteiger partial charge in [0.1, 0.15) is 11.5 Å². The van der Waals surface area contributed by atoms with E-state index in [1.165, 1.54) is 11.1 Å². The summed E-state index contributed by atoms with van der Waals surface area (Å²) in [6.07, 6.45) is 0. The van der Waals surface area contributed by atoms with Crippen LogP contribution >= 0.6 is 40.6 Å². The fourth-order valence-corrected chi connectivity index (χ4v) is 26.7. The zero-order valence-electron chi connectivity index (χ0n) is 29.5. The lowest BCUT2D eigenvalue weighted by Crippen LogP contribution is -2.43. The van der Waals surface area contributed by atoms with E-state index in [-0.39, 0.29) is 0 Å². The highest BCUT2D eigenvalue weighted by molar-refractivity contribution is 7.95. The molecule has 14 nitrogen and oxygen atoms in total. The van der Waals surface area contributed by atoms with Gasteiger partial charge in [-0.3, -0.25) is 0 Å². The Bertz CT molecular complexity index is 2040. The topological polar surface area (TPSA) is 112 Å². The maximum absolute atomic E-state index is 8.19. The number of halogens is 1. The standard InChI is InChI=1S/C34H44ClN9O5P4/c35-50(40-12-18-45-19-13-40)36-52-38-51(41-14-20-46-21-15-41,42-16-22-47-23-17-42)39-53(37-50)44(28-32-9-2-4-11-34(32)49-53)26-30-7-5-6-29(24-30)25-43(52)27-31-8-1-3-10-33(31)48-52/h1-11,24H,12-23,25-28H2. The molecule has 3 aromatic carbocycles. The summed E-state index contributed by atoms with van der Waals surface area (Å²) in [6, 6.07) is 25.4. The Balaban J connectivity index is 1.36. The van der Waals surface area contributed by atoms with E-state index in [9.17, 15) is 0 Å². The Morgan fingerprint density at radius 2 is 0.943 bits per heavy atom. The Labute approximate surface area is 315 Å². The molecule has 0 N–H and O–H groups in total. The van der Waals surface area contributed by atoms with Crippen LogP contribution < -0.4 is 9.05 Å². The fourth-order valence-electron chi connectivity index (χ4n) is 7.90. The van der Waals surface area contributed by atoms with Gasteiger partial charge in [0, 0.05) is 76.6 Å². The van der Waals surface area contributed by atoms with E-state index in [1.807, 2.05) is 24.3 Å². The van der Waals surface area contributed by atoms with E-state index in [0.29, 0.717) is 105 Å². The Hall–Kier alpha value is -1.85. The molecule has 3 saturated heterocycles. The number of morpholine rings is 3. The van der Waals surface area contributed by atoms with Crippen molar-refractivity contribution in [3.8, 4) is 11.5 Å². The van der Waals surface area contributed by atoms with Gasteiger partial charge >= 0.3 is 15.2 Å². The highest BCUT2D eigenvalue weighted by atomic mass is 35.7. The predicted octanol–water partition coefficient (Wildman–Crippen LogP) is 8.52. The van der Waals surface area contributed by atoms with Crippen LogP contribution in [-0.4, -0.2) is 102 Å². The Morgan fingerprint density at radius 1 is 0.472 bits per heavy atom. The molecular formula is C34H44ClN9O5P4. The molecule has 8 heterocycles. The lowest BCUT2D eigenvalue weighted by atomic mass is 10.1. The predicted molar refractivity (Wildman–Crippen MR) is 209 cm³/mol. The molecular weight excluding hydrogens is 774 g/mol. The van der Waals surface area contributed by atoms with E-state index in [1.54, 1.807) is 0 Å². The van der Waals surface area contributed by atoms with Crippen molar-refractivity contribution in [2.45, 2.75) is 26.2 Å². The molecule has 3 fully saturated rings. The molecule has 8 aliphatic rings. The quantitative estimate of drug-likeness (QED) is 0.239. The Kier molecular flexibility index (Phi) is 9.57. The van der Waals surface area contributed by atoms with Crippen molar-refractivity contribution in [3.05, 3.63) is 95.1 Å². The molecule has 2 spiro atoms. The molecule has 8 aliphatic heterocycles. The highest BCUT2D eigenvalue weighted by Crippen LogP contribution is 2.84. The molecule has 53 heavy (non-hydrogen) atoms. The van der Waals surface area contributed by atoms with E-state index in [2.05, 4.69) is 71.9 Å². The van der Waals surface area contributed by atoms with Crippen molar-refractivity contribution in [1.82, 2.24) is 23.4 Å². The molecule has 3 atom stereocenters. The largest absolute Gasteiger partial charge is 0.430 e. The smallest absolute Gasteiger partial charge is 0.334 e. The van der Waals surface area contributed by atoms with Gasteiger partial charge < -0.3 is 23.3 Å². The number of hydrogen-bond donors (Lipinski definition) is 0. The number of ether oxygens (including phenoxy) is 3. The first kappa shape index (κ1) is 35.6. The summed E-state index contributed by atoms with van der Waals surface area (Å²) in [5.74, 6) is 1.57. The van der Waals surface area contributed by atoms with Crippen molar-refractivity contribution in [1.29, 1.82) is 0 Å². The first-order valence-electron chi connectivity index (χ1n) is 18.3. The van der Waals surface area contributed by atoms with Gasteiger partial charge in [-0.15, -0.1) is 0 Å². The first-order valence-corrected chi connectivity index (χ1v) is 25.6. The Morgan fingerprint density at radius 3 is 1.47 bits per heavy atom. The lowest BCUT2D eigenvalue weighted by molar-refractivity contribution is 0.0568. The van der Waals surface area contributed by atoms with Gasteiger partial charge in [-0.1, -0.05) is 60.7 Å². The molecule has 282 valence electrons. The number of fused-ring (bicyclic) bond motifs is 4. The molecule has 0 amide bonds. The van der Waals surface area contributed by atoms with Gasteiger partial charge in [0.05, 0.1) is 39.6 Å². The minimum absolute atomic E-state index is 0.536. The minimum Gasteiger partial charge on any atom is -0.430 e. The average molecular weight is 818 g/mol. The number of hydrogen-bond acceptors (Lipinski definition) is 14. The van der Waals surface area contributed by atoms with E-state index < -0.39 is 29.4 Å². The number of nitrogens with zero attached hydrogens (tertiary/aromatic N) is 9. The summed E-state index contributed by atoms with van der Waals surface area (Å²) in [4.78, 5) is 0. The summed E-state index contributed by atoms with van der Waals surface area (Å²) in [5, 5.41) is 0. The van der Waals surface area contributed by atoms with Gasteiger partial charge in [0.25, 0.3) is 0 Å². The van der Waals surface area contributed by atoms with Crippen LogP contribution in [0.5, 0.6) is 11.5 Å². The third kappa shape index (κ3) is 6.46. The van der Waals surface area contributed by atoms with Crippen LogP contribution in [0.1, 0.15) is 22.3 Å². The fraction of sp³-hybridized carbons (Fsp3) is 0.471. The van der Waals surface area contributed by atoms with Crippen molar-refractivity contribution in [2.75, 3.05) is 78.9 Å². The molecule has 0 saturated carbocycles. The van der Waals surface area contributed by atoms with Crippen LogP contribution in [0.15, 0.2) is 90.9 Å². The second-order valence-corrected chi connectivity index (χ2v) is 25.5. The van der Waals surface area contributed by atoms with Crippen LogP contribution in [0.25, 0.3) is 0 Å². The average Bonchev–Trinajstić information content (AvgIpc) is 3.18. The molecule has 0 radical (unpaired) electrons. The first-order chi connectivity index (χ1) is 25.9. The summed E-state index contributed by atoms with van der Waals surface area (Å²) >= 11 is 8.19. The van der Waals surface area contributed by atoms with Gasteiger partial charge in [0.2, 0.25) is 14.2 Å². The normalized spacial score (nSPS) is 32.1. The number of benzene rings is 3. The number of para-hydroxylation sites is 2. The van der Waals surface area contributed by atoms with E-state index in [4.69, 9.17) is 52.6 Å². The van der Waals surface area contributed by atoms with E-state index in [0.717, 1.165) is 22.6 Å². The maximum Gasteiger partial charge on any atom is 0.334 e. The van der Waals surface area contributed by atoms with Crippen molar-refractivity contribution in [3.63, 3.8) is 0 Å².